The Morgan fingerprint density at radius 1 is 1.17 bits per heavy atom. The minimum atomic E-state index is 0.00394. The number of nitrogens with zero attached hydrogens (tertiary/aromatic N) is 1. The molecule has 2 N–H and O–H groups in total. The number of aliphatic hydroxyl groups excluding tert-OH is 1. The standard InChI is InChI=1S/C15H30N2O/c1-2-16-15(13-18)9-7-8-14(12-15)17-10-5-3-4-6-11-17/h14,16,18H,2-13H2,1H3. The highest BCUT2D eigenvalue weighted by Crippen LogP contribution is 2.32. The number of hydrogen-bond acceptors (Lipinski definition) is 3. The highest BCUT2D eigenvalue weighted by atomic mass is 16.3. The first-order valence-corrected chi connectivity index (χ1v) is 7.89. The van der Waals surface area contributed by atoms with Crippen LogP contribution in [-0.4, -0.2) is 47.8 Å². The lowest BCUT2D eigenvalue weighted by molar-refractivity contribution is 0.0616. The molecule has 0 spiro atoms. The van der Waals surface area contributed by atoms with Crippen LogP contribution in [-0.2, 0) is 0 Å². The smallest absolute Gasteiger partial charge is 0.0613 e. The minimum absolute atomic E-state index is 0.00394. The number of nitrogens with one attached hydrogen (secondary N) is 1. The van der Waals surface area contributed by atoms with E-state index in [9.17, 15) is 5.11 Å². The van der Waals surface area contributed by atoms with Crippen molar-refractivity contribution in [1.29, 1.82) is 0 Å². The van der Waals surface area contributed by atoms with E-state index in [2.05, 4.69) is 17.1 Å². The van der Waals surface area contributed by atoms with E-state index in [1.165, 1.54) is 51.6 Å². The van der Waals surface area contributed by atoms with Gasteiger partial charge in [-0.2, -0.15) is 0 Å². The van der Waals surface area contributed by atoms with E-state index >= 15 is 0 Å². The Kier molecular flexibility index (Phi) is 5.46. The summed E-state index contributed by atoms with van der Waals surface area (Å²) >= 11 is 0. The molecule has 0 amide bonds. The third-order valence-electron chi connectivity index (χ3n) is 4.83. The molecule has 1 aliphatic heterocycles. The van der Waals surface area contributed by atoms with E-state index in [1.807, 2.05) is 0 Å². The summed E-state index contributed by atoms with van der Waals surface area (Å²) < 4.78 is 0. The van der Waals surface area contributed by atoms with Crippen LogP contribution in [0.4, 0.5) is 0 Å². The molecule has 1 saturated heterocycles. The number of rotatable bonds is 4. The van der Waals surface area contributed by atoms with Gasteiger partial charge < -0.3 is 15.3 Å². The molecule has 2 aliphatic rings. The first-order valence-electron chi connectivity index (χ1n) is 7.89. The van der Waals surface area contributed by atoms with Gasteiger partial charge in [0.15, 0.2) is 0 Å². The van der Waals surface area contributed by atoms with E-state index in [4.69, 9.17) is 0 Å². The first-order chi connectivity index (χ1) is 8.79. The van der Waals surface area contributed by atoms with Crippen molar-refractivity contribution < 1.29 is 5.11 Å². The molecule has 1 aliphatic carbocycles. The van der Waals surface area contributed by atoms with E-state index < -0.39 is 0 Å². The molecule has 2 rings (SSSR count). The number of hydrogen-bond donors (Lipinski definition) is 2. The average molecular weight is 254 g/mol. The van der Waals surface area contributed by atoms with Crippen LogP contribution in [0, 0.1) is 0 Å². The molecule has 0 bridgehead atoms. The van der Waals surface area contributed by atoms with E-state index in [1.54, 1.807) is 0 Å². The molecule has 2 fully saturated rings. The maximum absolute atomic E-state index is 9.76. The lowest BCUT2D eigenvalue weighted by atomic mass is 9.78. The Balaban J connectivity index is 1.95. The summed E-state index contributed by atoms with van der Waals surface area (Å²) in [5.74, 6) is 0. The quantitative estimate of drug-likeness (QED) is 0.807. The fraction of sp³-hybridized carbons (Fsp3) is 1.00. The maximum Gasteiger partial charge on any atom is 0.0613 e. The molecule has 3 heteroatoms. The summed E-state index contributed by atoms with van der Waals surface area (Å²) in [7, 11) is 0. The van der Waals surface area contributed by atoms with Gasteiger partial charge in [0.2, 0.25) is 0 Å². The number of likely N-dealkylation sites (tertiary alicyclic amines) is 1. The van der Waals surface area contributed by atoms with E-state index in [0.717, 1.165) is 19.4 Å². The van der Waals surface area contributed by atoms with Gasteiger partial charge in [-0.25, -0.2) is 0 Å². The Bertz CT molecular complexity index is 235. The Morgan fingerprint density at radius 3 is 2.50 bits per heavy atom. The Morgan fingerprint density at radius 2 is 1.89 bits per heavy atom. The van der Waals surface area contributed by atoms with Crippen LogP contribution in [0.1, 0.15) is 58.3 Å². The Hall–Kier alpha value is -0.120. The molecule has 0 aromatic heterocycles. The summed E-state index contributed by atoms with van der Waals surface area (Å²) in [5.41, 5.74) is 0.00394. The molecule has 1 heterocycles. The zero-order valence-electron chi connectivity index (χ0n) is 12.0. The van der Waals surface area contributed by atoms with Crippen LogP contribution in [0.25, 0.3) is 0 Å². The van der Waals surface area contributed by atoms with Crippen molar-refractivity contribution in [2.24, 2.45) is 0 Å². The molecule has 1 saturated carbocycles. The zero-order chi connectivity index (χ0) is 12.8. The molecule has 0 radical (unpaired) electrons. The van der Waals surface area contributed by atoms with Gasteiger partial charge in [0, 0.05) is 11.6 Å². The molecule has 106 valence electrons. The summed E-state index contributed by atoms with van der Waals surface area (Å²) in [5, 5.41) is 13.3. The summed E-state index contributed by atoms with van der Waals surface area (Å²) in [6, 6.07) is 0.697. The van der Waals surface area contributed by atoms with Crippen molar-refractivity contribution in [1.82, 2.24) is 10.2 Å². The van der Waals surface area contributed by atoms with Crippen molar-refractivity contribution in [2.45, 2.75) is 69.9 Å². The number of aliphatic hydroxyl groups is 1. The second-order valence-electron chi connectivity index (χ2n) is 6.17. The molecule has 2 atom stereocenters. The van der Waals surface area contributed by atoms with Gasteiger partial charge in [0.1, 0.15) is 0 Å². The third kappa shape index (κ3) is 3.46. The summed E-state index contributed by atoms with van der Waals surface area (Å²) in [4.78, 5) is 2.70. The van der Waals surface area contributed by atoms with Crippen molar-refractivity contribution in [3.8, 4) is 0 Å². The van der Waals surface area contributed by atoms with Gasteiger partial charge in [0.05, 0.1) is 6.61 Å². The lowest BCUT2D eigenvalue weighted by Crippen LogP contribution is -2.55. The Labute approximate surface area is 112 Å². The van der Waals surface area contributed by atoms with Crippen LogP contribution < -0.4 is 5.32 Å². The van der Waals surface area contributed by atoms with E-state index in [0.29, 0.717) is 12.6 Å². The largest absolute Gasteiger partial charge is 0.394 e. The van der Waals surface area contributed by atoms with Crippen LogP contribution in [0.3, 0.4) is 0 Å². The average Bonchev–Trinajstić information content (AvgIpc) is 2.68. The van der Waals surface area contributed by atoms with Gasteiger partial charge in [-0.15, -0.1) is 0 Å². The molecule has 3 nitrogen and oxygen atoms in total. The van der Waals surface area contributed by atoms with E-state index in [-0.39, 0.29) is 5.54 Å². The van der Waals surface area contributed by atoms with Crippen LogP contribution in [0.2, 0.25) is 0 Å². The highest BCUT2D eigenvalue weighted by Gasteiger charge is 2.37. The molecule has 18 heavy (non-hydrogen) atoms. The topological polar surface area (TPSA) is 35.5 Å². The van der Waals surface area contributed by atoms with Crippen LogP contribution in [0.15, 0.2) is 0 Å². The second kappa shape index (κ2) is 6.88. The fourth-order valence-electron chi connectivity index (χ4n) is 3.84. The van der Waals surface area contributed by atoms with Gasteiger partial charge in [-0.05, 0) is 58.2 Å². The molecular weight excluding hydrogens is 224 g/mol. The normalized spacial score (nSPS) is 35.3. The zero-order valence-corrected chi connectivity index (χ0v) is 12.0. The highest BCUT2D eigenvalue weighted by molar-refractivity contribution is 4.96. The second-order valence-corrected chi connectivity index (χ2v) is 6.17. The van der Waals surface area contributed by atoms with Crippen molar-refractivity contribution in [3.05, 3.63) is 0 Å². The fourth-order valence-corrected chi connectivity index (χ4v) is 3.84. The van der Waals surface area contributed by atoms with Crippen LogP contribution >= 0.6 is 0 Å². The summed E-state index contributed by atoms with van der Waals surface area (Å²) in [6.45, 7) is 5.96. The molecule has 2 unspecified atom stereocenters. The van der Waals surface area contributed by atoms with Gasteiger partial charge in [-0.1, -0.05) is 19.8 Å². The predicted octanol–water partition coefficient (Wildman–Crippen LogP) is 2.15. The van der Waals surface area contributed by atoms with Crippen molar-refractivity contribution in [3.63, 3.8) is 0 Å². The third-order valence-corrected chi connectivity index (χ3v) is 4.83. The predicted molar refractivity (Wildman–Crippen MR) is 75.8 cm³/mol. The van der Waals surface area contributed by atoms with Crippen molar-refractivity contribution in [2.75, 3.05) is 26.2 Å². The number of likely N-dealkylation sites (N-methyl/N-ethyl adjacent to an activating group) is 1. The van der Waals surface area contributed by atoms with Crippen LogP contribution in [0.5, 0.6) is 0 Å². The van der Waals surface area contributed by atoms with Gasteiger partial charge >= 0.3 is 0 Å². The monoisotopic (exact) mass is 254 g/mol. The SMILES string of the molecule is CCNC1(CO)CCCC(N2CCCCCC2)C1. The van der Waals surface area contributed by atoms with Gasteiger partial charge in [0.25, 0.3) is 0 Å². The van der Waals surface area contributed by atoms with Gasteiger partial charge in [-0.3, -0.25) is 0 Å². The maximum atomic E-state index is 9.76. The molecule has 0 aromatic rings. The molecule has 0 aromatic carbocycles. The minimum Gasteiger partial charge on any atom is -0.394 e. The summed E-state index contributed by atoms with van der Waals surface area (Å²) in [6.07, 6.45) is 10.4. The molecular formula is C15H30N2O. The van der Waals surface area contributed by atoms with Crippen molar-refractivity contribution >= 4 is 0 Å². The lowest BCUT2D eigenvalue weighted by Gasteiger charge is -2.44. The first kappa shape index (κ1) is 14.3.